The fourth-order valence-corrected chi connectivity index (χ4v) is 6.35. The zero-order valence-corrected chi connectivity index (χ0v) is 14.4. The van der Waals surface area contributed by atoms with Crippen molar-refractivity contribution in [1.82, 2.24) is 0 Å². The summed E-state index contributed by atoms with van der Waals surface area (Å²) in [5, 5.41) is 0. The molecule has 0 aromatic heterocycles. The summed E-state index contributed by atoms with van der Waals surface area (Å²) in [6.07, 6.45) is 2.42. The topological polar surface area (TPSA) is 17.1 Å². The Balaban J connectivity index is 1.77. The first-order valence-corrected chi connectivity index (χ1v) is 8.85. The van der Waals surface area contributed by atoms with Crippen molar-refractivity contribution in [2.45, 2.75) is 26.2 Å². The van der Waals surface area contributed by atoms with E-state index in [2.05, 4.69) is 81.4 Å². The molecule has 2 saturated carbocycles. The molecule has 0 amide bonds. The predicted molar refractivity (Wildman–Crippen MR) is 96.4 cm³/mol. The molecule has 0 heterocycles. The Morgan fingerprint density at radius 3 is 2.04 bits per heavy atom. The van der Waals surface area contributed by atoms with Gasteiger partial charge < -0.3 is 0 Å². The summed E-state index contributed by atoms with van der Waals surface area (Å²) in [5.41, 5.74) is 3.05. The summed E-state index contributed by atoms with van der Waals surface area (Å²) in [5.74, 6) is 1.32. The molecule has 2 fully saturated rings. The van der Waals surface area contributed by atoms with Crippen molar-refractivity contribution < 1.29 is 4.79 Å². The zero-order chi connectivity index (χ0) is 16.7. The van der Waals surface area contributed by atoms with Crippen LogP contribution in [0.4, 0.5) is 0 Å². The van der Waals surface area contributed by atoms with Gasteiger partial charge in [-0.25, -0.2) is 0 Å². The lowest BCUT2D eigenvalue weighted by atomic mass is 9.65. The van der Waals surface area contributed by atoms with Crippen molar-refractivity contribution in [3.8, 4) is 0 Å². The third-order valence-electron chi connectivity index (χ3n) is 7.13. The second-order valence-corrected chi connectivity index (χ2v) is 8.36. The van der Waals surface area contributed by atoms with E-state index >= 15 is 0 Å². The Morgan fingerprint density at radius 2 is 1.42 bits per heavy atom. The molecule has 0 N–H and O–H groups in total. The number of benzene rings is 2. The Bertz CT molecular complexity index is 877. The quantitative estimate of drug-likeness (QED) is 0.772. The Morgan fingerprint density at radius 1 is 0.833 bits per heavy atom. The summed E-state index contributed by atoms with van der Waals surface area (Å²) in [4.78, 5) is 13.6. The van der Waals surface area contributed by atoms with Crippen LogP contribution in [0.1, 0.15) is 31.9 Å². The summed E-state index contributed by atoms with van der Waals surface area (Å²) in [6.45, 7) is 6.52. The number of carbonyl (C=O) groups is 1. The minimum atomic E-state index is -0.422. The first-order valence-electron chi connectivity index (χ1n) is 8.85. The van der Waals surface area contributed by atoms with Crippen LogP contribution in [0.25, 0.3) is 5.57 Å². The van der Waals surface area contributed by atoms with Crippen molar-refractivity contribution in [3.05, 3.63) is 77.9 Å². The van der Waals surface area contributed by atoms with Crippen LogP contribution in [0, 0.1) is 22.7 Å². The highest BCUT2D eigenvalue weighted by molar-refractivity contribution is 6.09. The molecule has 5 rings (SSSR count). The number of hydrogen-bond donors (Lipinski definition) is 0. The van der Waals surface area contributed by atoms with E-state index in [4.69, 9.17) is 0 Å². The molecule has 1 nitrogen and oxygen atoms in total. The fourth-order valence-electron chi connectivity index (χ4n) is 6.35. The van der Waals surface area contributed by atoms with E-state index in [1.54, 1.807) is 0 Å². The maximum absolute atomic E-state index is 13.6. The molecule has 24 heavy (non-hydrogen) atoms. The molecule has 4 atom stereocenters. The lowest BCUT2D eigenvalue weighted by Crippen LogP contribution is -2.39. The molecule has 0 aliphatic heterocycles. The molecule has 3 aliphatic rings. The highest BCUT2D eigenvalue weighted by Gasteiger charge is 2.88. The number of carbonyl (C=O) groups excluding carboxylic acids is 1. The van der Waals surface area contributed by atoms with Crippen LogP contribution in [-0.4, -0.2) is 5.78 Å². The van der Waals surface area contributed by atoms with Crippen molar-refractivity contribution in [2.75, 3.05) is 0 Å². The number of ketones is 1. The van der Waals surface area contributed by atoms with E-state index < -0.39 is 5.41 Å². The minimum absolute atomic E-state index is 0.0416. The molecule has 2 aromatic rings. The molecule has 0 bridgehead atoms. The highest BCUT2D eigenvalue weighted by Crippen LogP contribution is 2.86. The third-order valence-corrected chi connectivity index (χ3v) is 7.13. The zero-order valence-electron chi connectivity index (χ0n) is 14.4. The van der Waals surface area contributed by atoms with Gasteiger partial charge in [-0.1, -0.05) is 80.6 Å². The molecule has 3 aliphatic carbocycles. The van der Waals surface area contributed by atoms with Crippen molar-refractivity contribution >= 4 is 11.4 Å². The van der Waals surface area contributed by atoms with Crippen LogP contribution < -0.4 is 0 Å². The molecular weight excluding hydrogens is 292 g/mol. The van der Waals surface area contributed by atoms with Crippen molar-refractivity contribution in [2.24, 2.45) is 22.7 Å². The van der Waals surface area contributed by atoms with Crippen molar-refractivity contribution in [3.63, 3.8) is 0 Å². The lowest BCUT2D eigenvalue weighted by Gasteiger charge is -2.35. The van der Waals surface area contributed by atoms with Gasteiger partial charge in [0.2, 0.25) is 0 Å². The van der Waals surface area contributed by atoms with E-state index in [-0.39, 0.29) is 10.8 Å². The molecule has 0 radical (unpaired) electrons. The molecule has 0 spiro atoms. The fraction of sp³-hybridized carbons (Fsp3) is 0.348. The molecule has 120 valence electrons. The van der Waals surface area contributed by atoms with Gasteiger partial charge in [-0.3, -0.25) is 4.79 Å². The standard InChI is InChI=1S/C23H22O/c1-21(2)19-18-14-17(15-10-6-4-7-11-15)22(3,20(21)24)23(18,19)16-12-8-5-9-13-16/h4-14,18-19H,1-3H3/t18?,19?,22-,23+/m1/s1. The van der Waals surface area contributed by atoms with Crippen LogP contribution in [0.15, 0.2) is 66.7 Å². The first kappa shape index (κ1) is 14.2. The van der Waals surface area contributed by atoms with Gasteiger partial charge in [-0.2, -0.15) is 0 Å². The van der Waals surface area contributed by atoms with Crippen LogP contribution >= 0.6 is 0 Å². The molecule has 2 aromatic carbocycles. The monoisotopic (exact) mass is 314 g/mol. The second kappa shape index (κ2) is 4.08. The number of Topliss-reactive ketones (excluding diaryl/α,β-unsaturated/α-hetero) is 1. The summed E-state index contributed by atoms with van der Waals surface area (Å²) >= 11 is 0. The van der Waals surface area contributed by atoms with Gasteiger partial charge in [-0.15, -0.1) is 0 Å². The Labute approximate surface area is 143 Å². The average molecular weight is 314 g/mol. The van der Waals surface area contributed by atoms with E-state index in [1.165, 1.54) is 16.7 Å². The Hall–Kier alpha value is -2.15. The summed E-state index contributed by atoms with van der Waals surface area (Å²) in [6, 6.07) is 21.2. The van der Waals surface area contributed by atoms with Gasteiger partial charge in [0.15, 0.2) is 0 Å². The Kier molecular flexibility index (Phi) is 2.42. The van der Waals surface area contributed by atoms with E-state index in [0.29, 0.717) is 17.6 Å². The predicted octanol–water partition coefficient (Wildman–Crippen LogP) is 4.88. The highest BCUT2D eigenvalue weighted by atomic mass is 16.1. The van der Waals surface area contributed by atoms with Crippen LogP contribution in [0.5, 0.6) is 0 Å². The van der Waals surface area contributed by atoms with Crippen LogP contribution in [0.2, 0.25) is 0 Å². The summed E-state index contributed by atoms with van der Waals surface area (Å²) < 4.78 is 0. The van der Waals surface area contributed by atoms with Gasteiger partial charge in [0.05, 0.1) is 5.41 Å². The maximum atomic E-state index is 13.6. The minimum Gasteiger partial charge on any atom is -0.298 e. The number of hydrogen-bond acceptors (Lipinski definition) is 1. The van der Waals surface area contributed by atoms with Gasteiger partial charge >= 0.3 is 0 Å². The molecule has 1 heteroatoms. The number of rotatable bonds is 2. The SMILES string of the molecule is CC1(C)C(=O)[C@@]2(C)C(c3ccccc3)=CC3C1[C@]32c1ccccc1. The van der Waals surface area contributed by atoms with E-state index in [9.17, 15) is 4.79 Å². The van der Waals surface area contributed by atoms with Gasteiger partial charge in [0, 0.05) is 10.8 Å². The molecule has 0 saturated heterocycles. The third kappa shape index (κ3) is 1.26. The number of allylic oxidation sites excluding steroid dienone is 2. The molecular formula is C23H22O. The first-order chi connectivity index (χ1) is 11.5. The van der Waals surface area contributed by atoms with Crippen LogP contribution in [0.3, 0.4) is 0 Å². The van der Waals surface area contributed by atoms with E-state index in [0.717, 1.165) is 0 Å². The van der Waals surface area contributed by atoms with Crippen LogP contribution in [-0.2, 0) is 10.2 Å². The molecule has 2 unspecified atom stereocenters. The van der Waals surface area contributed by atoms with E-state index in [1.807, 2.05) is 6.07 Å². The maximum Gasteiger partial charge on any atom is 0.149 e. The van der Waals surface area contributed by atoms with Gasteiger partial charge in [0.25, 0.3) is 0 Å². The second-order valence-electron chi connectivity index (χ2n) is 8.36. The van der Waals surface area contributed by atoms with Gasteiger partial charge in [-0.05, 0) is 35.5 Å². The van der Waals surface area contributed by atoms with Gasteiger partial charge in [0.1, 0.15) is 5.78 Å². The smallest absolute Gasteiger partial charge is 0.149 e. The summed E-state index contributed by atoms with van der Waals surface area (Å²) in [7, 11) is 0. The largest absolute Gasteiger partial charge is 0.298 e. The average Bonchev–Trinajstić information content (AvgIpc) is 3.20. The normalized spacial score (nSPS) is 38.0. The van der Waals surface area contributed by atoms with Crippen molar-refractivity contribution in [1.29, 1.82) is 0 Å². The lowest BCUT2D eigenvalue weighted by molar-refractivity contribution is -0.131. The number of fused-ring (bicyclic) bond motifs is 1.